The topological polar surface area (TPSA) is 148 Å². The Morgan fingerprint density at radius 1 is 1.18 bits per heavy atom. The highest BCUT2D eigenvalue weighted by molar-refractivity contribution is 7.90. The van der Waals surface area contributed by atoms with Crippen LogP contribution in [0.25, 0.3) is 0 Å². The van der Waals surface area contributed by atoms with Crippen LogP contribution in [0.1, 0.15) is 29.6 Å². The summed E-state index contributed by atoms with van der Waals surface area (Å²) in [7, 11) is -4.25. The summed E-state index contributed by atoms with van der Waals surface area (Å²) in [4.78, 5) is 39.2. The van der Waals surface area contributed by atoms with Crippen LogP contribution in [-0.2, 0) is 19.6 Å². The molecule has 0 spiro atoms. The maximum Gasteiger partial charge on any atom is 0.286 e. The number of nitrogens with one attached hydrogen (secondary N) is 1. The molecule has 3 N–H and O–H groups in total. The summed E-state index contributed by atoms with van der Waals surface area (Å²) >= 11 is 0. The van der Waals surface area contributed by atoms with Crippen LogP contribution < -0.4 is 20.7 Å². The van der Waals surface area contributed by atoms with Gasteiger partial charge in [0.1, 0.15) is 16.5 Å². The summed E-state index contributed by atoms with van der Waals surface area (Å²) in [5.74, 6) is -2.88. The Labute approximate surface area is 195 Å². The summed E-state index contributed by atoms with van der Waals surface area (Å²) in [5, 5.41) is 2.86. The van der Waals surface area contributed by atoms with Crippen LogP contribution >= 0.6 is 0 Å². The molecular weight excluding hydrogens is 460 g/mol. The lowest BCUT2D eigenvalue weighted by Gasteiger charge is -2.38. The molecule has 176 valence electrons. The number of amidine groups is 1. The number of primary amides is 1. The number of hydrogen-bond acceptors (Lipinski definition) is 7. The van der Waals surface area contributed by atoms with Crippen LogP contribution in [-0.4, -0.2) is 45.0 Å². The van der Waals surface area contributed by atoms with Crippen molar-refractivity contribution in [2.24, 2.45) is 22.0 Å². The molecule has 0 bridgehead atoms. The van der Waals surface area contributed by atoms with Gasteiger partial charge in [0, 0.05) is 18.2 Å². The quantitative estimate of drug-likeness (QED) is 0.596. The average Bonchev–Trinajstić information content (AvgIpc) is 2.76. The molecule has 2 aromatic rings. The molecule has 0 saturated heterocycles. The average molecular weight is 483 g/mol. The molecule has 34 heavy (non-hydrogen) atoms. The van der Waals surface area contributed by atoms with Gasteiger partial charge in [-0.05, 0) is 43.0 Å². The van der Waals surface area contributed by atoms with E-state index in [-0.39, 0.29) is 22.2 Å². The molecule has 1 aliphatic carbocycles. The van der Waals surface area contributed by atoms with Crippen LogP contribution in [0.5, 0.6) is 5.75 Å². The number of para-hydroxylation sites is 1. The fourth-order valence-corrected chi connectivity index (χ4v) is 5.52. The number of nitrogens with two attached hydrogens (primary N) is 1. The first-order valence-electron chi connectivity index (χ1n) is 10.9. The third-order valence-corrected chi connectivity index (χ3v) is 7.60. The van der Waals surface area contributed by atoms with Crippen molar-refractivity contribution in [3.05, 3.63) is 48.0 Å². The zero-order chi connectivity index (χ0) is 24.0. The molecule has 1 atom stereocenters. The number of ether oxygens (including phenoxy) is 1. The second kappa shape index (κ2) is 8.24. The summed E-state index contributed by atoms with van der Waals surface area (Å²) in [6.45, 7) is 0.0545. The van der Waals surface area contributed by atoms with Crippen molar-refractivity contribution in [3.8, 4) is 5.75 Å². The van der Waals surface area contributed by atoms with Crippen LogP contribution in [0.4, 0.5) is 11.4 Å². The van der Waals surface area contributed by atoms with Crippen molar-refractivity contribution in [2.75, 3.05) is 23.4 Å². The third kappa shape index (κ3) is 3.81. The molecule has 11 heteroatoms. The highest BCUT2D eigenvalue weighted by Crippen LogP contribution is 2.38. The monoisotopic (exact) mass is 482 g/mol. The van der Waals surface area contributed by atoms with Gasteiger partial charge in [0.15, 0.2) is 18.3 Å². The number of benzene rings is 2. The Morgan fingerprint density at radius 3 is 2.65 bits per heavy atom. The van der Waals surface area contributed by atoms with Crippen LogP contribution in [0.2, 0.25) is 0 Å². The van der Waals surface area contributed by atoms with Crippen molar-refractivity contribution in [1.82, 2.24) is 0 Å². The molecule has 3 aliphatic rings. The predicted octanol–water partition coefficient (Wildman–Crippen LogP) is 1.71. The first-order valence-corrected chi connectivity index (χ1v) is 12.3. The van der Waals surface area contributed by atoms with E-state index in [1.165, 1.54) is 18.2 Å². The molecule has 0 aromatic heterocycles. The molecule has 1 fully saturated rings. The number of anilines is 2. The van der Waals surface area contributed by atoms with Gasteiger partial charge in [-0.3, -0.25) is 14.4 Å². The maximum atomic E-state index is 13.5. The number of rotatable bonds is 6. The van der Waals surface area contributed by atoms with Gasteiger partial charge in [0.2, 0.25) is 5.91 Å². The first kappa shape index (κ1) is 22.1. The number of Topliss-reactive ketones (excluding diaryl/α,β-unsaturated/α-hetero) is 1. The highest BCUT2D eigenvalue weighted by atomic mass is 32.2. The van der Waals surface area contributed by atoms with E-state index < -0.39 is 40.1 Å². The Kier molecular flexibility index (Phi) is 5.35. The second-order valence-corrected chi connectivity index (χ2v) is 10.1. The van der Waals surface area contributed by atoms with E-state index in [4.69, 9.17) is 10.5 Å². The van der Waals surface area contributed by atoms with Crippen molar-refractivity contribution < 1.29 is 27.5 Å². The minimum Gasteiger partial charge on any atom is -0.484 e. The van der Waals surface area contributed by atoms with Crippen LogP contribution in [0, 0.1) is 11.8 Å². The van der Waals surface area contributed by atoms with Crippen molar-refractivity contribution in [1.29, 1.82) is 0 Å². The number of sulfonamides is 1. The van der Waals surface area contributed by atoms with E-state index in [0.29, 0.717) is 23.7 Å². The molecule has 2 aliphatic heterocycles. The SMILES string of the molecule is NC(=O)COc1ccc2c(c1)S(=O)(=O)N=C(C1C(=O)c3ccccc3N(CC3CCC3)C1=O)N2. The molecule has 1 unspecified atom stereocenters. The van der Waals surface area contributed by atoms with Gasteiger partial charge in [0.05, 0.1) is 11.4 Å². The number of nitrogens with zero attached hydrogens (tertiary/aromatic N) is 2. The normalized spacial score (nSPS) is 21.0. The third-order valence-electron chi connectivity index (χ3n) is 6.27. The minimum absolute atomic E-state index is 0.118. The number of carbonyl (C=O) groups excluding carboxylic acids is 3. The maximum absolute atomic E-state index is 13.5. The number of amides is 2. The lowest BCUT2D eigenvalue weighted by atomic mass is 9.83. The van der Waals surface area contributed by atoms with E-state index in [0.717, 1.165) is 19.3 Å². The largest absolute Gasteiger partial charge is 0.484 e. The number of carbonyl (C=O) groups is 3. The zero-order valence-corrected chi connectivity index (χ0v) is 18.9. The van der Waals surface area contributed by atoms with E-state index in [1.807, 2.05) is 0 Å². The van der Waals surface area contributed by atoms with E-state index in [1.54, 1.807) is 29.2 Å². The molecule has 0 radical (unpaired) electrons. The standard InChI is InChI=1S/C23H22N4O6S/c24-19(28)12-33-14-8-9-16-18(10-14)34(31,32)26-22(25-16)20-21(29)15-6-1-2-7-17(15)27(23(20)30)11-13-4-3-5-13/h1-2,6-10,13,20H,3-5,11-12H2,(H2,24,28)(H,25,26). The van der Waals surface area contributed by atoms with Gasteiger partial charge in [-0.2, -0.15) is 8.42 Å². The molecule has 1 saturated carbocycles. The lowest BCUT2D eigenvalue weighted by molar-refractivity contribution is -0.120. The molecular formula is C23H22N4O6S. The summed E-state index contributed by atoms with van der Waals surface area (Å²) in [5.41, 5.74) is 6.11. The van der Waals surface area contributed by atoms with Gasteiger partial charge in [0.25, 0.3) is 15.9 Å². The van der Waals surface area contributed by atoms with Crippen LogP contribution in [0.3, 0.4) is 0 Å². The summed E-state index contributed by atoms with van der Waals surface area (Å²) in [6, 6.07) is 10.9. The molecule has 2 aromatic carbocycles. The lowest BCUT2D eigenvalue weighted by Crippen LogP contribution is -2.52. The van der Waals surface area contributed by atoms with Gasteiger partial charge in [-0.25, -0.2) is 0 Å². The van der Waals surface area contributed by atoms with E-state index in [9.17, 15) is 22.8 Å². The van der Waals surface area contributed by atoms with Gasteiger partial charge in [-0.15, -0.1) is 4.40 Å². The van der Waals surface area contributed by atoms with E-state index in [2.05, 4.69) is 9.71 Å². The van der Waals surface area contributed by atoms with Gasteiger partial charge in [-0.1, -0.05) is 18.6 Å². The number of ketones is 1. The predicted molar refractivity (Wildman–Crippen MR) is 123 cm³/mol. The van der Waals surface area contributed by atoms with Crippen molar-refractivity contribution >= 4 is 44.8 Å². The van der Waals surface area contributed by atoms with Gasteiger partial charge < -0.3 is 20.7 Å². The van der Waals surface area contributed by atoms with E-state index >= 15 is 0 Å². The zero-order valence-electron chi connectivity index (χ0n) is 18.1. The first-order chi connectivity index (χ1) is 16.2. The highest BCUT2D eigenvalue weighted by Gasteiger charge is 2.45. The molecule has 2 heterocycles. The Morgan fingerprint density at radius 2 is 1.94 bits per heavy atom. The van der Waals surface area contributed by atoms with Crippen molar-refractivity contribution in [2.45, 2.75) is 24.2 Å². The summed E-state index contributed by atoms with van der Waals surface area (Å²) in [6.07, 6.45) is 3.11. The fourth-order valence-electron chi connectivity index (χ4n) is 4.35. The number of hydrogen-bond donors (Lipinski definition) is 2. The summed E-state index contributed by atoms with van der Waals surface area (Å²) < 4.78 is 34.9. The fraction of sp³-hybridized carbons (Fsp3) is 0.304. The smallest absolute Gasteiger partial charge is 0.286 e. The van der Waals surface area contributed by atoms with Gasteiger partial charge >= 0.3 is 0 Å². The molecule has 2 amide bonds. The number of fused-ring (bicyclic) bond motifs is 2. The Hall–Kier alpha value is -3.73. The second-order valence-electron chi connectivity index (χ2n) is 8.55. The van der Waals surface area contributed by atoms with Crippen molar-refractivity contribution in [3.63, 3.8) is 0 Å². The Bertz CT molecular complexity index is 1350. The minimum atomic E-state index is -4.25. The van der Waals surface area contributed by atoms with Crippen LogP contribution in [0.15, 0.2) is 51.8 Å². The molecule has 5 rings (SSSR count). The molecule has 10 nitrogen and oxygen atoms in total. The Balaban J connectivity index is 1.51.